The lowest BCUT2D eigenvalue weighted by Gasteiger charge is -2.37. The Morgan fingerprint density at radius 1 is 0.958 bits per heavy atom. The van der Waals surface area contributed by atoms with Gasteiger partial charge in [0.2, 0.25) is 0 Å². The number of piperidine rings is 1. The van der Waals surface area contributed by atoms with Gasteiger partial charge in [-0.05, 0) is 45.0 Å². The first-order valence-corrected chi connectivity index (χ1v) is 9.68. The summed E-state index contributed by atoms with van der Waals surface area (Å²) < 4.78 is 0. The van der Waals surface area contributed by atoms with Crippen molar-refractivity contribution in [3.05, 3.63) is 42.0 Å². The zero-order valence-corrected chi connectivity index (χ0v) is 15.2. The molecule has 24 heavy (non-hydrogen) atoms. The molecule has 2 heterocycles. The molecule has 0 amide bonds. The zero-order chi connectivity index (χ0) is 16.6. The molecule has 0 spiro atoms. The molecule has 3 rings (SSSR count). The number of rotatable bonds is 6. The van der Waals surface area contributed by atoms with Gasteiger partial charge in [0.05, 0.1) is 0 Å². The van der Waals surface area contributed by atoms with Crippen molar-refractivity contribution < 1.29 is 0 Å². The summed E-state index contributed by atoms with van der Waals surface area (Å²) in [5.41, 5.74) is 1.30. The van der Waals surface area contributed by atoms with Gasteiger partial charge in [-0.3, -0.25) is 4.90 Å². The molecule has 2 fully saturated rings. The van der Waals surface area contributed by atoms with Crippen LogP contribution in [0.5, 0.6) is 0 Å². The third kappa shape index (κ3) is 5.44. The van der Waals surface area contributed by atoms with Crippen LogP contribution in [0.1, 0.15) is 31.2 Å². The summed E-state index contributed by atoms with van der Waals surface area (Å²) in [4.78, 5) is 7.82. The fourth-order valence-electron chi connectivity index (χ4n) is 3.94. The van der Waals surface area contributed by atoms with Crippen molar-refractivity contribution >= 4 is 6.08 Å². The van der Waals surface area contributed by atoms with Gasteiger partial charge in [-0.15, -0.1) is 0 Å². The lowest BCUT2D eigenvalue weighted by molar-refractivity contribution is 0.115. The van der Waals surface area contributed by atoms with Gasteiger partial charge in [0.15, 0.2) is 0 Å². The maximum atomic E-state index is 2.67. The first-order chi connectivity index (χ1) is 11.8. The Morgan fingerprint density at radius 2 is 1.71 bits per heavy atom. The summed E-state index contributed by atoms with van der Waals surface area (Å²) in [6.07, 6.45) is 10.1. The molecule has 1 unspecified atom stereocenters. The second-order valence-corrected chi connectivity index (χ2v) is 7.37. The van der Waals surface area contributed by atoms with Gasteiger partial charge in [0.1, 0.15) is 0 Å². The Balaban J connectivity index is 1.33. The zero-order valence-electron chi connectivity index (χ0n) is 15.2. The second-order valence-electron chi connectivity index (χ2n) is 7.37. The molecule has 2 saturated heterocycles. The van der Waals surface area contributed by atoms with E-state index in [0.717, 1.165) is 12.6 Å². The first kappa shape index (κ1) is 17.7. The number of piperazine rings is 1. The van der Waals surface area contributed by atoms with Gasteiger partial charge in [-0.1, -0.05) is 48.9 Å². The molecule has 1 aromatic carbocycles. The van der Waals surface area contributed by atoms with Crippen molar-refractivity contribution in [2.24, 2.45) is 0 Å². The first-order valence-electron chi connectivity index (χ1n) is 9.68. The van der Waals surface area contributed by atoms with E-state index >= 15 is 0 Å². The van der Waals surface area contributed by atoms with Crippen LogP contribution in [0.15, 0.2) is 36.4 Å². The van der Waals surface area contributed by atoms with E-state index in [1.54, 1.807) is 0 Å². The van der Waals surface area contributed by atoms with Crippen LogP contribution in [0.2, 0.25) is 0 Å². The molecule has 1 aromatic rings. The van der Waals surface area contributed by atoms with E-state index < -0.39 is 0 Å². The van der Waals surface area contributed by atoms with E-state index in [0.29, 0.717) is 0 Å². The summed E-state index contributed by atoms with van der Waals surface area (Å²) >= 11 is 0. The van der Waals surface area contributed by atoms with Crippen LogP contribution in [0.4, 0.5) is 0 Å². The lowest BCUT2D eigenvalue weighted by Crippen LogP contribution is -2.47. The van der Waals surface area contributed by atoms with E-state index in [-0.39, 0.29) is 0 Å². The standard InChI is InChI=1S/C21H33N3/c1-22-13-6-5-11-21(22)12-15-24-18-16-23(17-19-24)14-7-10-20-8-3-2-4-9-20/h2-4,7-10,21H,5-6,11-19H2,1H3/b10-7+. The molecule has 3 heteroatoms. The van der Waals surface area contributed by atoms with Gasteiger partial charge in [0, 0.05) is 38.8 Å². The smallest absolute Gasteiger partial charge is 0.0167 e. The average Bonchev–Trinajstić information content (AvgIpc) is 2.63. The van der Waals surface area contributed by atoms with Crippen LogP contribution in [-0.2, 0) is 0 Å². The Morgan fingerprint density at radius 3 is 2.46 bits per heavy atom. The highest BCUT2D eigenvalue weighted by atomic mass is 15.3. The summed E-state index contributed by atoms with van der Waals surface area (Å²) in [5, 5.41) is 0. The molecular weight excluding hydrogens is 294 g/mol. The average molecular weight is 328 g/mol. The molecule has 2 aliphatic heterocycles. The summed E-state index contributed by atoms with van der Waals surface area (Å²) in [5.74, 6) is 0. The van der Waals surface area contributed by atoms with Crippen molar-refractivity contribution in [1.82, 2.24) is 14.7 Å². The predicted molar refractivity (Wildman–Crippen MR) is 103 cm³/mol. The van der Waals surface area contributed by atoms with E-state index in [1.165, 1.54) is 70.5 Å². The van der Waals surface area contributed by atoms with Crippen molar-refractivity contribution in [1.29, 1.82) is 0 Å². The molecule has 2 aliphatic rings. The molecule has 3 nitrogen and oxygen atoms in total. The molecule has 0 bridgehead atoms. The van der Waals surface area contributed by atoms with Gasteiger partial charge >= 0.3 is 0 Å². The minimum Gasteiger partial charge on any atom is -0.303 e. The van der Waals surface area contributed by atoms with Gasteiger partial charge in [0.25, 0.3) is 0 Å². The third-order valence-electron chi connectivity index (χ3n) is 5.64. The quantitative estimate of drug-likeness (QED) is 0.794. The van der Waals surface area contributed by atoms with Crippen LogP contribution in [0, 0.1) is 0 Å². The summed E-state index contributed by atoms with van der Waals surface area (Å²) in [6, 6.07) is 11.4. The highest BCUT2D eigenvalue weighted by molar-refractivity contribution is 5.48. The molecule has 132 valence electrons. The van der Waals surface area contributed by atoms with Crippen molar-refractivity contribution in [2.75, 3.05) is 52.9 Å². The van der Waals surface area contributed by atoms with Gasteiger partial charge in [-0.2, -0.15) is 0 Å². The minimum atomic E-state index is 0.825. The SMILES string of the molecule is CN1CCCCC1CCN1CCN(C/C=C/c2ccccc2)CC1. The van der Waals surface area contributed by atoms with Crippen LogP contribution >= 0.6 is 0 Å². The Labute approximate surface area is 147 Å². The molecule has 0 aromatic heterocycles. The second kappa shape index (κ2) is 9.36. The van der Waals surface area contributed by atoms with E-state index in [9.17, 15) is 0 Å². The van der Waals surface area contributed by atoms with Crippen LogP contribution in [0.3, 0.4) is 0 Å². The van der Waals surface area contributed by atoms with Gasteiger partial charge < -0.3 is 9.80 Å². The van der Waals surface area contributed by atoms with E-state index in [4.69, 9.17) is 0 Å². The third-order valence-corrected chi connectivity index (χ3v) is 5.64. The number of likely N-dealkylation sites (tertiary alicyclic amines) is 1. The van der Waals surface area contributed by atoms with Crippen molar-refractivity contribution in [3.63, 3.8) is 0 Å². The molecule has 0 N–H and O–H groups in total. The molecule has 0 radical (unpaired) electrons. The highest BCUT2D eigenvalue weighted by Crippen LogP contribution is 2.18. The largest absolute Gasteiger partial charge is 0.303 e. The molecule has 0 saturated carbocycles. The van der Waals surface area contributed by atoms with Crippen LogP contribution < -0.4 is 0 Å². The lowest BCUT2D eigenvalue weighted by atomic mass is 10.00. The fourth-order valence-corrected chi connectivity index (χ4v) is 3.94. The van der Waals surface area contributed by atoms with Crippen molar-refractivity contribution in [3.8, 4) is 0 Å². The highest BCUT2D eigenvalue weighted by Gasteiger charge is 2.21. The Bertz CT molecular complexity index is 491. The van der Waals surface area contributed by atoms with Gasteiger partial charge in [-0.25, -0.2) is 0 Å². The number of nitrogens with zero attached hydrogens (tertiary/aromatic N) is 3. The summed E-state index contributed by atoms with van der Waals surface area (Å²) in [6.45, 7) is 8.54. The topological polar surface area (TPSA) is 9.72 Å². The van der Waals surface area contributed by atoms with E-state index in [1.807, 2.05) is 0 Å². The normalized spacial score (nSPS) is 24.6. The van der Waals surface area contributed by atoms with Crippen molar-refractivity contribution in [2.45, 2.75) is 31.7 Å². The maximum absolute atomic E-state index is 2.67. The summed E-state index contributed by atoms with van der Waals surface area (Å²) in [7, 11) is 2.31. The fraction of sp³-hybridized carbons (Fsp3) is 0.619. The Kier molecular flexibility index (Phi) is 6.88. The van der Waals surface area contributed by atoms with Crippen LogP contribution in [-0.4, -0.2) is 73.6 Å². The van der Waals surface area contributed by atoms with Crippen LogP contribution in [0.25, 0.3) is 6.08 Å². The monoisotopic (exact) mass is 327 g/mol. The molecular formula is C21H33N3. The maximum Gasteiger partial charge on any atom is 0.0167 e. The number of hydrogen-bond donors (Lipinski definition) is 0. The minimum absolute atomic E-state index is 0.825. The molecule has 1 atom stereocenters. The number of hydrogen-bond acceptors (Lipinski definition) is 3. The Hall–Kier alpha value is -1.16. The molecule has 0 aliphatic carbocycles. The van der Waals surface area contributed by atoms with E-state index in [2.05, 4.69) is 64.2 Å². The number of benzene rings is 1. The predicted octanol–water partition coefficient (Wildman–Crippen LogP) is 3.19.